The van der Waals surface area contributed by atoms with Gasteiger partial charge in [0.1, 0.15) is 24.4 Å². The van der Waals surface area contributed by atoms with Gasteiger partial charge in [-0.1, -0.05) is 318 Å². The zero-order valence-electron chi connectivity index (χ0n) is 58.2. The van der Waals surface area contributed by atoms with E-state index in [9.17, 15) is 30.3 Å². The monoisotopic (exact) mass is 1270 g/mol. The van der Waals surface area contributed by atoms with Crippen LogP contribution in [0.15, 0.2) is 182 Å². The van der Waals surface area contributed by atoms with Crippen LogP contribution in [0.25, 0.3) is 0 Å². The van der Waals surface area contributed by atoms with Crippen molar-refractivity contribution < 1.29 is 39.8 Å². The van der Waals surface area contributed by atoms with Crippen molar-refractivity contribution in [3.8, 4) is 0 Å². The van der Waals surface area contributed by atoms with Crippen LogP contribution in [0.3, 0.4) is 0 Å². The summed E-state index contributed by atoms with van der Waals surface area (Å²) in [6, 6.07) is -0.868. The third-order valence-electron chi connectivity index (χ3n) is 16.2. The summed E-state index contributed by atoms with van der Waals surface area (Å²) in [5.74, 6) is -0.239. The van der Waals surface area contributed by atoms with E-state index in [2.05, 4.69) is 189 Å². The molecule has 0 aromatic heterocycles. The third-order valence-corrected chi connectivity index (χ3v) is 16.2. The Hall–Kier alpha value is -4.71. The molecule has 1 aliphatic heterocycles. The topological polar surface area (TPSA) is 149 Å². The highest BCUT2D eigenvalue weighted by Crippen LogP contribution is 2.23. The van der Waals surface area contributed by atoms with Crippen LogP contribution >= 0.6 is 0 Å². The number of nitrogens with one attached hydrogen (secondary N) is 1. The quantitative estimate of drug-likeness (QED) is 0.0261. The normalized spacial score (nSPS) is 18.8. The van der Waals surface area contributed by atoms with Crippen LogP contribution in [-0.4, -0.2) is 87.5 Å². The van der Waals surface area contributed by atoms with E-state index in [1.54, 1.807) is 6.08 Å². The number of hydrogen-bond acceptors (Lipinski definition) is 8. The van der Waals surface area contributed by atoms with E-state index in [-0.39, 0.29) is 18.9 Å². The second-order valence-electron chi connectivity index (χ2n) is 24.6. The summed E-state index contributed by atoms with van der Waals surface area (Å²) in [6.07, 6.45) is 104. The molecule has 1 saturated heterocycles. The number of allylic oxidation sites excluding steroid dienone is 29. The molecule has 6 N–H and O–H groups in total. The van der Waals surface area contributed by atoms with Gasteiger partial charge in [0.15, 0.2) is 6.29 Å². The Balaban J connectivity index is 2.23. The summed E-state index contributed by atoms with van der Waals surface area (Å²) in [5, 5.41) is 54.7. The Morgan fingerprint density at radius 1 is 0.380 bits per heavy atom. The van der Waals surface area contributed by atoms with E-state index in [0.29, 0.717) is 12.8 Å². The molecule has 1 rings (SSSR count). The second kappa shape index (κ2) is 69.1. The van der Waals surface area contributed by atoms with Crippen molar-refractivity contribution in [2.45, 2.75) is 320 Å². The predicted molar refractivity (Wildman–Crippen MR) is 395 cm³/mol. The van der Waals surface area contributed by atoms with Crippen LogP contribution in [-0.2, 0) is 14.3 Å². The van der Waals surface area contributed by atoms with Crippen molar-refractivity contribution in [2.75, 3.05) is 13.2 Å². The third kappa shape index (κ3) is 56.8. The van der Waals surface area contributed by atoms with Crippen molar-refractivity contribution in [1.82, 2.24) is 5.32 Å². The molecule has 0 aliphatic carbocycles. The molecule has 0 aromatic rings. The molecular weight excluding hydrogens is 1140 g/mol. The Labute approximate surface area is 563 Å². The van der Waals surface area contributed by atoms with Gasteiger partial charge in [-0.2, -0.15) is 0 Å². The summed E-state index contributed by atoms with van der Waals surface area (Å²) in [6.45, 7) is 3.63. The maximum absolute atomic E-state index is 13.1. The fourth-order valence-corrected chi connectivity index (χ4v) is 10.5. The molecule has 1 heterocycles. The molecule has 9 nitrogen and oxygen atoms in total. The first-order valence-corrected chi connectivity index (χ1v) is 37.0. The van der Waals surface area contributed by atoms with Crippen LogP contribution < -0.4 is 5.32 Å². The molecule has 0 radical (unpaired) electrons. The molecule has 0 bridgehead atoms. The lowest BCUT2D eigenvalue weighted by Crippen LogP contribution is -2.60. The highest BCUT2D eigenvalue weighted by Gasteiger charge is 2.44. The van der Waals surface area contributed by atoms with E-state index >= 15 is 0 Å². The summed E-state index contributed by atoms with van der Waals surface area (Å²) >= 11 is 0. The van der Waals surface area contributed by atoms with E-state index in [4.69, 9.17) is 9.47 Å². The van der Waals surface area contributed by atoms with Gasteiger partial charge in [-0.25, -0.2) is 0 Å². The smallest absolute Gasteiger partial charge is 0.220 e. The van der Waals surface area contributed by atoms with E-state index in [1.807, 2.05) is 6.08 Å². The van der Waals surface area contributed by atoms with Crippen LogP contribution in [0.1, 0.15) is 277 Å². The lowest BCUT2D eigenvalue weighted by molar-refractivity contribution is -0.302. The Bertz CT molecular complexity index is 2120. The molecule has 92 heavy (non-hydrogen) atoms. The minimum atomic E-state index is -1.60. The Kier molecular flexibility index (Phi) is 64.1. The zero-order chi connectivity index (χ0) is 66.4. The van der Waals surface area contributed by atoms with Crippen LogP contribution in [0.5, 0.6) is 0 Å². The lowest BCUT2D eigenvalue weighted by atomic mass is 9.99. The number of rotatable bonds is 62. The van der Waals surface area contributed by atoms with Gasteiger partial charge in [-0.05, 0) is 135 Å². The van der Waals surface area contributed by atoms with Gasteiger partial charge in [0, 0.05) is 6.42 Å². The van der Waals surface area contributed by atoms with Gasteiger partial charge < -0.3 is 40.3 Å². The van der Waals surface area contributed by atoms with Gasteiger partial charge in [0.2, 0.25) is 5.91 Å². The largest absolute Gasteiger partial charge is 0.394 e. The molecule has 9 heteroatoms. The first kappa shape index (κ1) is 85.3. The molecule has 0 aromatic carbocycles. The molecule has 1 aliphatic rings. The van der Waals surface area contributed by atoms with Crippen molar-refractivity contribution >= 4 is 5.91 Å². The fraction of sp³-hybridized carbons (Fsp3) is 0.627. The van der Waals surface area contributed by atoms with Crippen LogP contribution in [0, 0.1) is 0 Å². The van der Waals surface area contributed by atoms with E-state index in [0.717, 1.165) is 116 Å². The molecule has 0 spiro atoms. The average molecular weight is 1270 g/mol. The number of amides is 1. The number of unbranched alkanes of at least 4 members (excludes halogenated alkanes) is 24. The molecule has 7 atom stereocenters. The number of carbonyl (C=O) groups is 1. The zero-order valence-corrected chi connectivity index (χ0v) is 58.2. The highest BCUT2D eigenvalue weighted by molar-refractivity contribution is 5.76. The highest BCUT2D eigenvalue weighted by atomic mass is 16.7. The average Bonchev–Trinajstić information content (AvgIpc) is 1.45. The fourth-order valence-electron chi connectivity index (χ4n) is 10.5. The van der Waals surface area contributed by atoms with Crippen LogP contribution in [0.4, 0.5) is 0 Å². The number of ether oxygens (including phenoxy) is 2. The van der Waals surface area contributed by atoms with Crippen molar-refractivity contribution in [3.63, 3.8) is 0 Å². The van der Waals surface area contributed by atoms with E-state index < -0.39 is 49.5 Å². The first-order valence-electron chi connectivity index (χ1n) is 37.0. The minimum absolute atomic E-state index is 0.235. The lowest BCUT2D eigenvalue weighted by Gasteiger charge is -2.40. The first-order chi connectivity index (χ1) is 45.3. The molecule has 520 valence electrons. The van der Waals surface area contributed by atoms with Gasteiger partial charge >= 0.3 is 0 Å². The summed E-state index contributed by atoms with van der Waals surface area (Å²) < 4.78 is 11.3. The number of hydrogen-bond donors (Lipinski definition) is 6. The second-order valence-corrected chi connectivity index (χ2v) is 24.6. The molecule has 0 saturated carbocycles. The number of carbonyl (C=O) groups excluding carboxylic acids is 1. The molecule has 1 fully saturated rings. The van der Waals surface area contributed by atoms with Gasteiger partial charge in [0.05, 0.1) is 25.4 Å². The summed E-state index contributed by atoms with van der Waals surface area (Å²) in [4.78, 5) is 13.1. The summed E-state index contributed by atoms with van der Waals surface area (Å²) in [7, 11) is 0. The summed E-state index contributed by atoms with van der Waals surface area (Å²) in [5.41, 5.74) is 0. The molecular formula is C83H135NO8. The van der Waals surface area contributed by atoms with Gasteiger partial charge in [-0.15, -0.1) is 0 Å². The van der Waals surface area contributed by atoms with Crippen molar-refractivity contribution in [2.24, 2.45) is 0 Å². The maximum atomic E-state index is 13.1. The number of aliphatic hydroxyl groups excluding tert-OH is 5. The molecule has 1 amide bonds. The standard InChI is InChI=1S/C83H135NO8/c1-3-5-7-9-11-13-15-17-19-21-23-25-27-29-31-33-35-36-37-38-39-40-41-42-43-45-47-49-51-53-55-57-59-61-63-65-67-69-71-73-79(87)84-76(75-91-83-82(90)81(89)80(88)78(74-85)92-83)77(86)72-70-68-66-64-62-60-58-56-54-52-50-48-46-44-34-32-30-28-26-24-22-20-18-16-14-12-10-8-6-4-2/h5,7,11,13,17,19,23,25,29,31,35-36,38-39,41-42,45,47,51,53-54,56-57,59,62-65,70,72,76-78,80-83,85-86,88-90H,3-4,6,8-10,12,14-16,18,20-22,24,26-28,30,32-34,37,40,43-44,46,48-50,52,55,58,60-61,66-69,71,73-75H2,1-2H3,(H,84,87)/b7-5-,13-11-,19-17-,25-23-,31-29-,36-35-,39-38-,42-41-,47-45-,53-51-,56-54+,59-57-,64-62+,65-63-,72-70+. The van der Waals surface area contributed by atoms with Gasteiger partial charge in [-0.3, -0.25) is 4.79 Å². The Morgan fingerprint density at radius 3 is 1.04 bits per heavy atom. The van der Waals surface area contributed by atoms with Gasteiger partial charge in [0.25, 0.3) is 0 Å². The van der Waals surface area contributed by atoms with Crippen molar-refractivity contribution in [1.29, 1.82) is 0 Å². The minimum Gasteiger partial charge on any atom is -0.394 e. The van der Waals surface area contributed by atoms with Crippen molar-refractivity contribution in [3.05, 3.63) is 182 Å². The maximum Gasteiger partial charge on any atom is 0.220 e. The van der Waals surface area contributed by atoms with E-state index in [1.165, 1.54) is 128 Å². The SMILES string of the molecule is CC/C=C\C/C=C\C/C=C\C/C=C\C/C=C\C/C=C\C/C=C\C/C=C\C/C=C\C/C=C\C/C=C\C/C=C\CCCCC(=O)NC(COC1OC(CO)C(O)C(O)C1O)C(O)/C=C/CC/C=C/CC/C=C/CCCCCCCCCCCCCCCCCCCCCC. The van der Waals surface area contributed by atoms with Crippen LogP contribution in [0.2, 0.25) is 0 Å². The Morgan fingerprint density at radius 2 is 0.685 bits per heavy atom. The predicted octanol–water partition coefficient (Wildman–Crippen LogP) is 21.0. The molecule has 7 unspecified atom stereocenters. The number of aliphatic hydroxyl groups is 5.